The second kappa shape index (κ2) is 9.58. The molecule has 0 radical (unpaired) electrons. The van der Waals surface area contributed by atoms with Gasteiger partial charge in [-0.15, -0.1) is 11.8 Å². The molecule has 0 spiro atoms. The Kier molecular flexibility index (Phi) is 7.18. The number of non-ortho nitro benzene ring substituents is 1. The van der Waals surface area contributed by atoms with Crippen LogP contribution in [0.4, 0.5) is 17.1 Å². The Morgan fingerprint density at radius 1 is 1.07 bits per heavy atom. The number of benzene rings is 2. The van der Waals surface area contributed by atoms with Gasteiger partial charge in [-0.1, -0.05) is 17.7 Å². The van der Waals surface area contributed by atoms with Gasteiger partial charge < -0.3 is 15.4 Å². The van der Waals surface area contributed by atoms with E-state index in [0.29, 0.717) is 11.4 Å². The number of anilines is 2. The predicted octanol–water partition coefficient (Wildman–Crippen LogP) is 3.22. The van der Waals surface area contributed by atoms with E-state index in [4.69, 9.17) is 4.74 Å². The highest BCUT2D eigenvalue weighted by Crippen LogP contribution is 2.29. The Balaban J connectivity index is 1.81. The molecule has 0 saturated carbocycles. The first-order chi connectivity index (χ1) is 12.9. The lowest BCUT2D eigenvalue weighted by Gasteiger charge is -2.10. The predicted molar refractivity (Wildman–Crippen MR) is 105 cm³/mol. The molecule has 0 aliphatic heterocycles. The van der Waals surface area contributed by atoms with Gasteiger partial charge in [0.1, 0.15) is 5.75 Å². The van der Waals surface area contributed by atoms with Gasteiger partial charge >= 0.3 is 0 Å². The van der Waals surface area contributed by atoms with Crippen molar-refractivity contribution in [1.82, 2.24) is 0 Å². The van der Waals surface area contributed by atoms with Gasteiger partial charge in [0.05, 0.1) is 35.3 Å². The largest absolute Gasteiger partial charge is 0.494 e. The number of nitrogens with zero attached hydrogens (tertiary/aromatic N) is 1. The normalized spacial score (nSPS) is 10.1. The highest BCUT2D eigenvalue weighted by atomic mass is 32.2. The number of aryl methyl sites for hydroxylation is 1. The van der Waals surface area contributed by atoms with E-state index in [1.54, 1.807) is 0 Å². The third-order valence-corrected chi connectivity index (χ3v) is 4.40. The number of amides is 2. The molecule has 0 saturated heterocycles. The maximum atomic E-state index is 12.0. The van der Waals surface area contributed by atoms with Gasteiger partial charge in [0.15, 0.2) is 0 Å². The third-order valence-electron chi connectivity index (χ3n) is 3.47. The molecule has 2 N–H and O–H groups in total. The molecule has 2 rings (SSSR count). The minimum atomic E-state index is -0.545. The number of hydrogen-bond donors (Lipinski definition) is 2. The molecule has 0 aliphatic carbocycles. The Labute approximate surface area is 160 Å². The maximum Gasteiger partial charge on any atom is 0.273 e. The van der Waals surface area contributed by atoms with Crippen molar-refractivity contribution in [2.45, 2.75) is 6.92 Å². The van der Waals surface area contributed by atoms with Crippen LogP contribution in [0, 0.1) is 17.0 Å². The van der Waals surface area contributed by atoms with E-state index >= 15 is 0 Å². The molecule has 9 heteroatoms. The van der Waals surface area contributed by atoms with Gasteiger partial charge in [-0.3, -0.25) is 19.7 Å². The van der Waals surface area contributed by atoms with E-state index in [1.807, 2.05) is 31.2 Å². The zero-order valence-electron chi connectivity index (χ0n) is 14.9. The second-order valence-corrected chi connectivity index (χ2v) is 6.58. The molecule has 2 aromatic rings. The summed E-state index contributed by atoms with van der Waals surface area (Å²) >= 11 is 1.16. The lowest BCUT2D eigenvalue weighted by Crippen LogP contribution is -2.18. The van der Waals surface area contributed by atoms with Crippen molar-refractivity contribution in [3.8, 4) is 5.75 Å². The summed E-state index contributed by atoms with van der Waals surface area (Å²) in [6.07, 6.45) is 0. The minimum Gasteiger partial charge on any atom is -0.494 e. The Morgan fingerprint density at radius 2 is 1.70 bits per heavy atom. The molecule has 0 bridgehead atoms. The van der Waals surface area contributed by atoms with Crippen molar-refractivity contribution in [3.05, 3.63) is 58.1 Å². The van der Waals surface area contributed by atoms with Gasteiger partial charge in [-0.05, 0) is 25.1 Å². The maximum absolute atomic E-state index is 12.0. The molecule has 2 aromatic carbocycles. The van der Waals surface area contributed by atoms with Gasteiger partial charge in [0, 0.05) is 11.8 Å². The number of nitrogens with one attached hydrogen (secondary N) is 2. The molecular formula is C18H19N3O5S. The summed E-state index contributed by atoms with van der Waals surface area (Å²) in [7, 11) is 1.36. The van der Waals surface area contributed by atoms with Crippen LogP contribution < -0.4 is 15.4 Å². The van der Waals surface area contributed by atoms with Crippen LogP contribution in [0.3, 0.4) is 0 Å². The highest BCUT2D eigenvalue weighted by Gasteiger charge is 2.14. The summed E-state index contributed by atoms with van der Waals surface area (Å²) in [5, 5.41) is 16.1. The van der Waals surface area contributed by atoms with Gasteiger partial charge in [0.25, 0.3) is 5.69 Å². The number of ether oxygens (including phenoxy) is 1. The fourth-order valence-electron chi connectivity index (χ4n) is 2.15. The molecule has 0 heterocycles. The topological polar surface area (TPSA) is 111 Å². The average Bonchev–Trinajstić information content (AvgIpc) is 2.63. The summed E-state index contributed by atoms with van der Waals surface area (Å²) in [5.74, 6) is -0.167. The minimum absolute atomic E-state index is 0.0570. The van der Waals surface area contributed by atoms with Crippen LogP contribution in [0.2, 0.25) is 0 Å². The van der Waals surface area contributed by atoms with E-state index in [-0.39, 0.29) is 34.8 Å². The van der Waals surface area contributed by atoms with Crippen LogP contribution in [0.5, 0.6) is 5.75 Å². The van der Waals surface area contributed by atoms with E-state index in [9.17, 15) is 19.7 Å². The van der Waals surface area contributed by atoms with Crippen LogP contribution in [0.15, 0.2) is 42.5 Å². The van der Waals surface area contributed by atoms with Crippen LogP contribution in [-0.4, -0.2) is 35.4 Å². The number of nitro benzene ring substituents is 1. The van der Waals surface area contributed by atoms with E-state index in [1.165, 1.54) is 25.3 Å². The van der Waals surface area contributed by atoms with Crippen LogP contribution in [0.1, 0.15) is 5.56 Å². The summed E-state index contributed by atoms with van der Waals surface area (Å²) in [6, 6.07) is 11.3. The number of rotatable bonds is 8. The fraction of sp³-hybridized carbons (Fsp3) is 0.222. The van der Waals surface area contributed by atoms with Crippen LogP contribution >= 0.6 is 11.8 Å². The molecule has 0 unspecified atom stereocenters. The number of methoxy groups -OCH3 is 1. The van der Waals surface area contributed by atoms with Crippen molar-refractivity contribution in [3.63, 3.8) is 0 Å². The van der Waals surface area contributed by atoms with Crippen LogP contribution in [0.25, 0.3) is 0 Å². The third kappa shape index (κ3) is 6.30. The Hall–Kier alpha value is -3.07. The van der Waals surface area contributed by atoms with Crippen molar-refractivity contribution < 1.29 is 19.2 Å². The number of nitro groups is 1. The number of carbonyl (C=O) groups is 2. The Morgan fingerprint density at radius 3 is 2.30 bits per heavy atom. The summed E-state index contributed by atoms with van der Waals surface area (Å²) in [4.78, 5) is 34.1. The van der Waals surface area contributed by atoms with E-state index in [2.05, 4.69) is 10.6 Å². The first-order valence-corrected chi connectivity index (χ1v) is 9.11. The summed E-state index contributed by atoms with van der Waals surface area (Å²) < 4.78 is 5.06. The quantitative estimate of drug-likeness (QED) is 0.530. The molecule has 0 aliphatic rings. The SMILES string of the molecule is COc1cc([N+](=O)[O-])ccc1NC(=O)CSCC(=O)Nc1ccc(C)cc1. The van der Waals surface area contributed by atoms with E-state index < -0.39 is 4.92 Å². The standard InChI is InChI=1S/C18H19N3O5S/c1-12-3-5-13(6-4-12)19-17(22)10-27-11-18(23)20-15-8-7-14(21(24)25)9-16(15)26-2/h3-9H,10-11H2,1-2H3,(H,19,22)(H,20,23). The first kappa shape index (κ1) is 20.2. The fourth-order valence-corrected chi connectivity index (χ4v) is 2.77. The first-order valence-electron chi connectivity index (χ1n) is 7.95. The molecule has 0 fully saturated rings. The van der Waals surface area contributed by atoms with Gasteiger partial charge in [0.2, 0.25) is 11.8 Å². The molecule has 8 nitrogen and oxygen atoms in total. The monoisotopic (exact) mass is 389 g/mol. The smallest absolute Gasteiger partial charge is 0.273 e. The average molecular weight is 389 g/mol. The lowest BCUT2D eigenvalue weighted by atomic mass is 10.2. The highest BCUT2D eigenvalue weighted by molar-refractivity contribution is 8.00. The zero-order valence-corrected chi connectivity index (χ0v) is 15.7. The lowest BCUT2D eigenvalue weighted by molar-refractivity contribution is -0.384. The molecule has 2 amide bonds. The summed E-state index contributed by atoms with van der Waals surface area (Å²) in [5.41, 5.74) is 2.00. The number of carbonyl (C=O) groups excluding carboxylic acids is 2. The van der Waals surface area contributed by atoms with E-state index in [0.717, 1.165) is 17.3 Å². The van der Waals surface area contributed by atoms with Gasteiger partial charge in [-0.2, -0.15) is 0 Å². The molecule has 142 valence electrons. The second-order valence-electron chi connectivity index (χ2n) is 5.60. The molecule has 0 atom stereocenters. The van der Waals surface area contributed by atoms with Gasteiger partial charge in [-0.25, -0.2) is 0 Å². The summed E-state index contributed by atoms with van der Waals surface area (Å²) in [6.45, 7) is 1.96. The number of thioether (sulfide) groups is 1. The zero-order chi connectivity index (χ0) is 19.8. The van der Waals surface area contributed by atoms with Crippen molar-refractivity contribution in [1.29, 1.82) is 0 Å². The van der Waals surface area contributed by atoms with Crippen molar-refractivity contribution in [2.75, 3.05) is 29.2 Å². The van der Waals surface area contributed by atoms with Crippen molar-refractivity contribution >= 4 is 40.6 Å². The molecule has 27 heavy (non-hydrogen) atoms. The van der Waals surface area contributed by atoms with Crippen molar-refractivity contribution in [2.24, 2.45) is 0 Å². The number of hydrogen-bond acceptors (Lipinski definition) is 6. The van der Waals surface area contributed by atoms with Crippen LogP contribution in [-0.2, 0) is 9.59 Å². The Bertz CT molecular complexity index is 839. The molecule has 0 aromatic heterocycles. The molecular weight excluding hydrogens is 370 g/mol.